The Bertz CT molecular complexity index is 665. The molecule has 0 unspecified atom stereocenters. The average molecular weight is 328 g/mol. The van der Waals surface area contributed by atoms with Gasteiger partial charge in [-0.05, 0) is 24.6 Å². The maximum atomic E-state index is 12.5. The number of oxazole rings is 1. The van der Waals surface area contributed by atoms with Crippen LogP contribution in [-0.2, 0) is 17.5 Å². The summed E-state index contributed by atoms with van der Waals surface area (Å²) >= 11 is 0. The number of benzene rings is 1. The predicted octanol–water partition coefficient (Wildman–Crippen LogP) is 3.33. The largest absolute Gasteiger partial charge is 0.446 e. The highest BCUT2D eigenvalue weighted by atomic mass is 19.4. The summed E-state index contributed by atoms with van der Waals surface area (Å²) in [6, 6.07) is 4.13. The smallest absolute Gasteiger partial charge is 0.416 e. The number of amides is 1. The number of hydrogen-bond acceptors (Lipinski definition) is 4. The van der Waals surface area contributed by atoms with E-state index < -0.39 is 23.7 Å². The molecule has 124 valence electrons. The molecule has 0 saturated heterocycles. The van der Waals surface area contributed by atoms with E-state index in [1.807, 2.05) is 0 Å². The normalized spacial score (nSPS) is 12.9. The number of carbonyl (C=O) groups is 1. The van der Waals surface area contributed by atoms with Crippen LogP contribution < -0.4 is 5.32 Å². The van der Waals surface area contributed by atoms with Gasteiger partial charge in [0, 0.05) is 7.11 Å². The topological polar surface area (TPSA) is 64.4 Å². The van der Waals surface area contributed by atoms with E-state index >= 15 is 0 Å². The first-order valence-electron chi connectivity index (χ1n) is 6.72. The lowest BCUT2D eigenvalue weighted by Crippen LogP contribution is -2.27. The van der Waals surface area contributed by atoms with E-state index in [2.05, 4.69) is 10.3 Å². The van der Waals surface area contributed by atoms with Crippen LogP contribution in [0.1, 0.15) is 40.5 Å². The van der Waals surface area contributed by atoms with Crippen molar-refractivity contribution < 1.29 is 27.1 Å². The van der Waals surface area contributed by atoms with Crippen molar-refractivity contribution >= 4 is 5.91 Å². The monoisotopic (exact) mass is 328 g/mol. The third-order valence-electron chi connectivity index (χ3n) is 3.14. The zero-order valence-electron chi connectivity index (χ0n) is 12.5. The molecule has 0 spiro atoms. The first kappa shape index (κ1) is 17.0. The highest BCUT2D eigenvalue weighted by molar-refractivity contribution is 5.92. The van der Waals surface area contributed by atoms with E-state index in [0.717, 1.165) is 12.1 Å². The third-order valence-corrected chi connectivity index (χ3v) is 3.14. The average Bonchev–Trinajstić information content (AvgIpc) is 2.95. The van der Waals surface area contributed by atoms with Gasteiger partial charge >= 0.3 is 6.18 Å². The summed E-state index contributed by atoms with van der Waals surface area (Å²) in [6.07, 6.45) is -3.19. The molecule has 0 saturated carbocycles. The second kappa shape index (κ2) is 6.82. The predicted molar refractivity (Wildman–Crippen MR) is 74.5 cm³/mol. The van der Waals surface area contributed by atoms with Gasteiger partial charge in [0.05, 0.1) is 11.6 Å². The molecule has 0 radical (unpaired) electrons. The molecular formula is C15H15F3N2O3. The molecule has 0 aliphatic carbocycles. The Balaban J connectivity index is 2.02. The number of carbonyl (C=O) groups excluding carboxylic acids is 1. The molecule has 2 aromatic rings. The summed E-state index contributed by atoms with van der Waals surface area (Å²) < 4.78 is 47.4. The third kappa shape index (κ3) is 4.32. The Hall–Kier alpha value is -2.35. The van der Waals surface area contributed by atoms with Crippen molar-refractivity contribution in [2.45, 2.75) is 25.7 Å². The van der Waals surface area contributed by atoms with Crippen LogP contribution >= 0.6 is 0 Å². The number of hydrogen-bond donors (Lipinski definition) is 1. The van der Waals surface area contributed by atoms with Crippen LogP contribution in [0.2, 0.25) is 0 Å². The summed E-state index contributed by atoms with van der Waals surface area (Å²) in [6.45, 7) is 1.80. The maximum absolute atomic E-state index is 12.5. The Morgan fingerprint density at radius 1 is 1.35 bits per heavy atom. The van der Waals surface area contributed by atoms with Crippen molar-refractivity contribution in [1.82, 2.24) is 10.3 Å². The van der Waals surface area contributed by atoms with E-state index in [4.69, 9.17) is 9.15 Å². The lowest BCUT2D eigenvalue weighted by molar-refractivity contribution is -0.137. The molecule has 0 aliphatic rings. The highest BCUT2D eigenvalue weighted by Crippen LogP contribution is 2.29. The van der Waals surface area contributed by atoms with E-state index in [9.17, 15) is 18.0 Å². The van der Waals surface area contributed by atoms with Crippen molar-refractivity contribution in [1.29, 1.82) is 0 Å². The van der Waals surface area contributed by atoms with Crippen LogP contribution in [0.4, 0.5) is 13.2 Å². The second-order valence-corrected chi connectivity index (χ2v) is 4.87. The molecule has 1 atom stereocenters. The Labute approximate surface area is 130 Å². The minimum Gasteiger partial charge on any atom is -0.446 e. The fraction of sp³-hybridized carbons (Fsp3) is 0.333. The minimum absolute atomic E-state index is 0.0795. The maximum Gasteiger partial charge on any atom is 0.416 e. The van der Waals surface area contributed by atoms with Gasteiger partial charge < -0.3 is 14.5 Å². The molecule has 1 aromatic carbocycles. The van der Waals surface area contributed by atoms with Crippen LogP contribution in [0, 0.1) is 0 Å². The first-order valence-corrected chi connectivity index (χ1v) is 6.72. The Kier molecular flexibility index (Phi) is 5.05. The SMILES string of the molecule is COCc1nc(C(=O)N[C@H](C)c2ccc(C(F)(F)F)cc2)co1. The summed E-state index contributed by atoms with van der Waals surface area (Å²) in [5, 5.41) is 2.64. The number of methoxy groups -OCH3 is 1. The lowest BCUT2D eigenvalue weighted by atomic mass is 10.1. The number of rotatable bonds is 5. The molecule has 8 heteroatoms. The molecule has 2 rings (SSSR count). The summed E-state index contributed by atoms with van der Waals surface area (Å²) in [5.74, 6) is -0.219. The van der Waals surface area contributed by atoms with Gasteiger partial charge in [0.2, 0.25) is 5.89 Å². The Morgan fingerprint density at radius 3 is 2.57 bits per heavy atom. The number of ether oxygens (including phenoxy) is 1. The van der Waals surface area contributed by atoms with E-state index in [0.29, 0.717) is 5.56 Å². The van der Waals surface area contributed by atoms with Crippen LogP contribution in [0.25, 0.3) is 0 Å². The zero-order chi connectivity index (χ0) is 17.0. The second-order valence-electron chi connectivity index (χ2n) is 4.87. The molecule has 1 heterocycles. The lowest BCUT2D eigenvalue weighted by Gasteiger charge is -2.14. The van der Waals surface area contributed by atoms with Crippen LogP contribution in [0.15, 0.2) is 34.9 Å². The van der Waals surface area contributed by atoms with Gasteiger partial charge in [0.1, 0.15) is 12.9 Å². The molecule has 1 amide bonds. The molecule has 1 N–H and O–H groups in total. The van der Waals surface area contributed by atoms with Gasteiger partial charge in [-0.25, -0.2) is 4.98 Å². The fourth-order valence-electron chi connectivity index (χ4n) is 1.92. The summed E-state index contributed by atoms with van der Waals surface area (Å²) in [7, 11) is 1.47. The van der Waals surface area contributed by atoms with Crippen molar-refractivity contribution in [2.75, 3.05) is 7.11 Å². The van der Waals surface area contributed by atoms with Crippen molar-refractivity contribution in [3.63, 3.8) is 0 Å². The number of alkyl halides is 3. The molecule has 0 aliphatic heterocycles. The highest BCUT2D eigenvalue weighted by Gasteiger charge is 2.30. The zero-order valence-corrected chi connectivity index (χ0v) is 12.5. The van der Waals surface area contributed by atoms with Gasteiger partial charge in [0.25, 0.3) is 5.91 Å². The first-order chi connectivity index (χ1) is 10.8. The molecular weight excluding hydrogens is 313 g/mol. The Morgan fingerprint density at radius 2 is 2.00 bits per heavy atom. The minimum atomic E-state index is -4.39. The van der Waals surface area contributed by atoms with Crippen LogP contribution in [-0.4, -0.2) is 18.0 Å². The number of nitrogens with one attached hydrogen (secondary N) is 1. The summed E-state index contributed by atoms with van der Waals surface area (Å²) in [4.78, 5) is 16.0. The van der Waals surface area contributed by atoms with Gasteiger partial charge in [0.15, 0.2) is 5.69 Å². The van der Waals surface area contributed by atoms with E-state index in [1.54, 1.807) is 6.92 Å². The van der Waals surface area contributed by atoms with E-state index in [1.165, 1.54) is 25.5 Å². The molecule has 23 heavy (non-hydrogen) atoms. The van der Waals surface area contributed by atoms with Crippen LogP contribution in [0.3, 0.4) is 0 Å². The van der Waals surface area contributed by atoms with Gasteiger partial charge in [-0.1, -0.05) is 12.1 Å². The van der Waals surface area contributed by atoms with Gasteiger partial charge in [-0.3, -0.25) is 4.79 Å². The van der Waals surface area contributed by atoms with E-state index in [-0.39, 0.29) is 18.2 Å². The molecule has 0 fully saturated rings. The van der Waals surface area contributed by atoms with Crippen molar-refractivity contribution in [2.24, 2.45) is 0 Å². The number of aromatic nitrogens is 1. The standard InChI is InChI=1S/C15H15F3N2O3/c1-9(10-3-5-11(6-4-10)15(16,17)18)19-14(21)12-7-23-13(20-12)8-22-2/h3-7,9H,8H2,1-2H3,(H,19,21)/t9-/m1/s1. The quantitative estimate of drug-likeness (QED) is 0.914. The summed E-state index contributed by atoms with van der Waals surface area (Å²) in [5.41, 5.74) is -0.108. The molecule has 1 aromatic heterocycles. The fourth-order valence-corrected chi connectivity index (χ4v) is 1.92. The van der Waals surface area contributed by atoms with Gasteiger partial charge in [-0.2, -0.15) is 13.2 Å². The van der Waals surface area contributed by atoms with Crippen LogP contribution in [0.5, 0.6) is 0 Å². The van der Waals surface area contributed by atoms with Crippen molar-refractivity contribution in [3.8, 4) is 0 Å². The molecule has 0 bridgehead atoms. The molecule has 5 nitrogen and oxygen atoms in total. The number of halogens is 3. The van der Waals surface area contributed by atoms with Crippen molar-refractivity contribution in [3.05, 3.63) is 53.2 Å². The van der Waals surface area contributed by atoms with Gasteiger partial charge in [-0.15, -0.1) is 0 Å². The number of nitrogens with zero attached hydrogens (tertiary/aromatic N) is 1.